The number of hydrogen-bond acceptors (Lipinski definition) is 2. The Bertz CT molecular complexity index is 818. The van der Waals surface area contributed by atoms with E-state index in [9.17, 15) is 36.2 Å². The lowest BCUT2D eigenvalue weighted by Crippen LogP contribution is -2.55. The predicted molar refractivity (Wildman–Crippen MR) is 116 cm³/mol. The molecule has 194 valence electrons. The minimum absolute atomic E-state index is 0.0288. The third kappa shape index (κ3) is 3.85. The van der Waals surface area contributed by atoms with Gasteiger partial charge in [0, 0.05) is 12.8 Å². The standard InChI is InChI=1S/C26H36F6O2/c1-15(8-13-24(34,25(27,28)29)26(30,31)32)19-6-7-20-18-5-4-16-14-17(33)9-11-22(16,2)21(18)10-12-23(19,20)3/h8,13,15-16,18-21,34H,4-7,9-12,14H2,1-3H3/b13-8+. The highest BCUT2D eigenvalue weighted by molar-refractivity contribution is 5.79. The van der Waals surface area contributed by atoms with E-state index >= 15 is 0 Å². The van der Waals surface area contributed by atoms with Crippen LogP contribution in [0.25, 0.3) is 0 Å². The summed E-state index contributed by atoms with van der Waals surface area (Å²) in [6.07, 6.45) is -2.88. The van der Waals surface area contributed by atoms with E-state index in [1.165, 1.54) is 0 Å². The highest BCUT2D eigenvalue weighted by Crippen LogP contribution is 2.68. The second-order valence-corrected chi connectivity index (χ2v) is 12.1. The molecule has 0 radical (unpaired) electrons. The van der Waals surface area contributed by atoms with Crippen molar-refractivity contribution in [2.75, 3.05) is 0 Å². The average Bonchev–Trinajstić information content (AvgIpc) is 3.08. The molecule has 4 rings (SSSR count). The highest BCUT2D eigenvalue weighted by atomic mass is 19.4. The van der Waals surface area contributed by atoms with Gasteiger partial charge in [0.05, 0.1) is 0 Å². The Hall–Kier alpha value is -1.05. The molecule has 0 amide bonds. The first-order valence-corrected chi connectivity index (χ1v) is 12.6. The Morgan fingerprint density at radius 1 is 0.912 bits per heavy atom. The van der Waals surface area contributed by atoms with Gasteiger partial charge >= 0.3 is 12.4 Å². The van der Waals surface area contributed by atoms with Gasteiger partial charge in [0.2, 0.25) is 0 Å². The largest absolute Gasteiger partial charge is 0.429 e. The fourth-order valence-electron chi connectivity index (χ4n) is 8.72. The van der Waals surface area contributed by atoms with Gasteiger partial charge < -0.3 is 5.11 Å². The van der Waals surface area contributed by atoms with Gasteiger partial charge in [0.1, 0.15) is 5.78 Å². The SMILES string of the molecule is CC(/C=C/C(O)(C(F)(F)F)C(F)(F)F)C1CCC2C3CCC4CC(=O)CCC4(C)C3CCC12C. The zero-order valence-electron chi connectivity index (χ0n) is 20.1. The van der Waals surface area contributed by atoms with E-state index in [1.54, 1.807) is 6.92 Å². The normalized spacial score (nSPS) is 42.3. The fourth-order valence-corrected chi connectivity index (χ4v) is 8.72. The minimum Gasteiger partial charge on any atom is -0.370 e. The minimum atomic E-state index is -5.84. The van der Waals surface area contributed by atoms with Crippen molar-refractivity contribution < 1.29 is 36.2 Å². The van der Waals surface area contributed by atoms with Crippen LogP contribution < -0.4 is 0 Å². The second kappa shape index (κ2) is 8.24. The molecule has 8 unspecified atom stereocenters. The van der Waals surface area contributed by atoms with Gasteiger partial charge in [-0.15, -0.1) is 0 Å². The molecule has 0 saturated heterocycles. The average molecular weight is 495 g/mol. The summed E-state index contributed by atoms with van der Waals surface area (Å²) >= 11 is 0. The Morgan fingerprint density at radius 2 is 1.53 bits per heavy atom. The van der Waals surface area contributed by atoms with Crippen molar-refractivity contribution in [1.29, 1.82) is 0 Å². The van der Waals surface area contributed by atoms with Crippen molar-refractivity contribution in [2.24, 2.45) is 46.3 Å². The van der Waals surface area contributed by atoms with E-state index in [1.807, 2.05) is 0 Å². The van der Waals surface area contributed by atoms with Gasteiger partial charge in [-0.2, -0.15) is 26.3 Å². The lowest BCUT2D eigenvalue weighted by Gasteiger charge is -2.60. The van der Waals surface area contributed by atoms with Crippen molar-refractivity contribution in [2.45, 2.75) is 96.5 Å². The molecule has 34 heavy (non-hydrogen) atoms. The maximum absolute atomic E-state index is 13.1. The number of alkyl halides is 6. The molecule has 4 fully saturated rings. The number of aliphatic hydroxyl groups is 1. The van der Waals surface area contributed by atoms with Crippen LogP contribution in [0.5, 0.6) is 0 Å². The summed E-state index contributed by atoms with van der Waals surface area (Å²) in [5, 5.41) is 9.52. The number of carbonyl (C=O) groups is 1. The molecule has 8 atom stereocenters. The maximum atomic E-state index is 13.1. The van der Waals surface area contributed by atoms with E-state index in [0.717, 1.165) is 51.0 Å². The van der Waals surface area contributed by atoms with Crippen LogP contribution in [0.2, 0.25) is 0 Å². The van der Waals surface area contributed by atoms with Crippen molar-refractivity contribution >= 4 is 5.78 Å². The molecular weight excluding hydrogens is 458 g/mol. The Balaban J connectivity index is 1.54. The monoisotopic (exact) mass is 494 g/mol. The number of halogens is 6. The van der Waals surface area contributed by atoms with Crippen molar-refractivity contribution in [3.63, 3.8) is 0 Å². The first-order valence-electron chi connectivity index (χ1n) is 12.6. The van der Waals surface area contributed by atoms with Gasteiger partial charge in [0.25, 0.3) is 5.60 Å². The molecule has 8 heteroatoms. The molecule has 4 aliphatic rings. The second-order valence-electron chi connectivity index (χ2n) is 12.1. The number of carbonyl (C=O) groups excluding carboxylic acids is 1. The van der Waals surface area contributed by atoms with Gasteiger partial charge in [-0.25, -0.2) is 0 Å². The summed E-state index contributed by atoms with van der Waals surface area (Å²) in [5.74, 6) is 1.67. The molecular formula is C26H36F6O2. The number of hydrogen-bond donors (Lipinski definition) is 1. The molecule has 0 aromatic heterocycles. The highest BCUT2D eigenvalue weighted by Gasteiger charge is 2.69. The zero-order valence-corrected chi connectivity index (χ0v) is 20.1. The number of Topliss-reactive ketones (excluding diaryl/α,β-unsaturated/α-hetero) is 1. The third-order valence-corrected chi connectivity index (χ3v) is 10.7. The fraction of sp³-hybridized carbons (Fsp3) is 0.885. The summed E-state index contributed by atoms with van der Waals surface area (Å²) in [6, 6.07) is 0. The van der Waals surface area contributed by atoms with E-state index in [2.05, 4.69) is 13.8 Å². The zero-order chi connectivity index (χ0) is 25.3. The quantitative estimate of drug-likeness (QED) is 0.331. The van der Waals surface area contributed by atoms with Crippen molar-refractivity contribution in [1.82, 2.24) is 0 Å². The number of ketones is 1. The van der Waals surface area contributed by atoms with Gasteiger partial charge in [-0.1, -0.05) is 26.8 Å². The molecule has 0 spiro atoms. The van der Waals surface area contributed by atoms with Crippen LogP contribution >= 0.6 is 0 Å². The maximum Gasteiger partial charge on any atom is 0.429 e. The summed E-state index contributed by atoms with van der Waals surface area (Å²) in [5.41, 5.74) is -4.83. The molecule has 0 aliphatic heterocycles. The molecule has 0 aromatic rings. The van der Waals surface area contributed by atoms with Gasteiger partial charge in [-0.3, -0.25) is 4.79 Å². The first kappa shape index (κ1) is 26.0. The van der Waals surface area contributed by atoms with E-state index in [-0.39, 0.29) is 22.8 Å². The molecule has 0 aromatic carbocycles. The Labute approximate surface area is 197 Å². The Kier molecular flexibility index (Phi) is 6.31. The first-order chi connectivity index (χ1) is 15.5. The lowest BCUT2D eigenvalue weighted by atomic mass is 9.44. The Morgan fingerprint density at radius 3 is 2.15 bits per heavy atom. The van der Waals surface area contributed by atoms with Crippen LogP contribution in [0.1, 0.15) is 78.6 Å². The molecule has 4 aliphatic carbocycles. The van der Waals surface area contributed by atoms with Crippen LogP contribution in [-0.2, 0) is 4.79 Å². The van der Waals surface area contributed by atoms with Crippen molar-refractivity contribution in [3.8, 4) is 0 Å². The summed E-state index contributed by atoms with van der Waals surface area (Å²) in [7, 11) is 0. The molecule has 0 bridgehead atoms. The number of fused-ring (bicyclic) bond motifs is 5. The van der Waals surface area contributed by atoms with Crippen molar-refractivity contribution in [3.05, 3.63) is 12.2 Å². The topological polar surface area (TPSA) is 37.3 Å². The van der Waals surface area contributed by atoms with Crippen LogP contribution in [0.15, 0.2) is 12.2 Å². The van der Waals surface area contributed by atoms with Gasteiger partial charge in [-0.05, 0) is 97.4 Å². The number of rotatable bonds is 3. The summed E-state index contributed by atoms with van der Waals surface area (Å²) < 4.78 is 78.7. The summed E-state index contributed by atoms with van der Waals surface area (Å²) in [6.45, 7) is 6.20. The van der Waals surface area contributed by atoms with Crippen LogP contribution in [0.3, 0.4) is 0 Å². The van der Waals surface area contributed by atoms with Crippen LogP contribution in [-0.4, -0.2) is 28.8 Å². The van der Waals surface area contributed by atoms with E-state index < -0.39 is 23.9 Å². The lowest BCUT2D eigenvalue weighted by molar-refractivity contribution is -0.347. The smallest absolute Gasteiger partial charge is 0.370 e. The predicted octanol–water partition coefficient (Wildman–Crippen LogP) is 7.26. The molecule has 2 nitrogen and oxygen atoms in total. The number of allylic oxidation sites excluding steroid dienone is 1. The summed E-state index contributed by atoms with van der Waals surface area (Å²) in [4.78, 5) is 12.1. The van der Waals surface area contributed by atoms with Gasteiger partial charge in [0.15, 0.2) is 0 Å². The van der Waals surface area contributed by atoms with E-state index in [0.29, 0.717) is 42.3 Å². The van der Waals surface area contributed by atoms with Crippen LogP contribution in [0, 0.1) is 46.3 Å². The van der Waals surface area contributed by atoms with Crippen LogP contribution in [0.4, 0.5) is 26.3 Å². The molecule has 1 N–H and O–H groups in total. The molecule has 4 saturated carbocycles. The van der Waals surface area contributed by atoms with E-state index in [4.69, 9.17) is 0 Å². The third-order valence-electron chi connectivity index (χ3n) is 10.7. The molecule has 0 heterocycles.